The van der Waals surface area contributed by atoms with Crippen molar-refractivity contribution in [3.05, 3.63) is 24.2 Å². The van der Waals surface area contributed by atoms with Crippen LogP contribution in [-0.4, -0.2) is 22.5 Å². The molecule has 3 nitrogen and oxygen atoms in total. The minimum Gasteiger partial charge on any atom is -0.479 e. The zero-order valence-corrected chi connectivity index (χ0v) is 10.1. The van der Waals surface area contributed by atoms with E-state index in [1.54, 1.807) is 19.5 Å². The Balaban J connectivity index is 2.34. The molecule has 1 aromatic heterocycles. The highest BCUT2D eigenvalue weighted by Gasteiger charge is 2.15. The van der Waals surface area contributed by atoms with Crippen LogP contribution in [0, 0.1) is 0 Å². The van der Waals surface area contributed by atoms with Crippen LogP contribution >= 0.6 is 11.6 Å². The van der Waals surface area contributed by atoms with Gasteiger partial charge in [0, 0.05) is 12.4 Å². The van der Waals surface area contributed by atoms with Crippen LogP contribution in [-0.2, 0) is 0 Å². The molecule has 0 spiro atoms. The molecule has 1 aliphatic rings. The number of alkyl halides is 1. The number of aromatic nitrogens is 2. The molecule has 2 rings (SSSR count). The SMILES string of the molecule is COc1nccnc1C1=CC(Cl)CCCC1. The number of nitrogens with zero attached hydrogens (tertiary/aromatic N) is 2. The predicted molar refractivity (Wildman–Crippen MR) is 64.7 cm³/mol. The van der Waals surface area contributed by atoms with E-state index >= 15 is 0 Å². The average molecular weight is 239 g/mol. The van der Waals surface area contributed by atoms with Gasteiger partial charge < -0.3 is 4.74 Å². The lowest BCUT2D eigenvalue weighted by Gasteiger charge is -2.08. The van der Waals surface area contributed by atoms with Gasteiger partial charge in [0.05, 0.1) is 12.5 Å². The Morgan fingerprint density at radius 3 is 2.94 bits per heavy atom. The maximum Gasteiger partial charge on any atom is 0.239 e. The van der Waals surface area contributed by atoms with Gasteiger partial charge in [0.1, 0.15) is 5.69 Å². The summed E-state index contributed by atoms with van der Waals surface area (Å²) in [4.78, 5) is 8.49. The molecule has 0 N–H and O–H groups in total. The lowest BCUT2D eigenvalue weighted by molar-refractivity contribution is 0.394. The number of hydrogen-bond donors (Lipinski definition) is 0. The molecule has 1 unspecified atom stereocenters. The third kappa shape index (κ3) is 2.53. The topological polar surface area (TPSA) is 35.0 Å². The van der Waals surface area contributed by atoms with Gasteiger partial charge in [-0.25, -0.2) is 9.97 Å². The van der Waals surface area contributed by atoms with Gasteiger partial charge in [-0.3, -0.25) is 0 Å². The fraction of sp³-hybridized carbons (Fsp3) is 0.500. The summed E-state index contributed by atoms with van der Waals surface area (Å²) in [5.74, 6) is 0.583. The molecule has 0 fully saturated rings. The first kappa shape index (κ1) is 11.4. The van der Waals surface area contributed by atoms with Gasteiger partial charge in [0.2, 0.25) is 5.88 Å². The minimum atomic E-state index is 0.101. The second-order valence-corrected chi connectivity index (χ2v) is 4.43. The molecule has 0 radical (unpaired) electrons. The van der Waals surface area contributed by atoms with E-state index in [0.29, 0.717) is 5.88 Å². The third-order valence-electron chi connectivity index (χ3n) is 2.72. The molecule has 0 aromatic carbocycles. The average Bonchev–Trinajstić information content (AvgIpc) is 2.54. The molecular formula is C12H15ClN2O. The molecule has 1 aromatic rings. The van der Waals surface area contributed by atoms with Crippen LogP contribution in [0.15, 0.2) is 18.5 Å². The lowest BCUT2D eigenvalue weighted by atomic mass is 10.1. The number of allylic oxidation sites excluding steroid dienone is 2. The van der Waals surface area contributed by atoms with Crippen LogP contribution in [0.2, 0.25) is 0 Å². The highest BCUT2D eigenvalue weighted by Crippen LogP contribution is 2.30. The zero-order valence-electron chi connectivity index (χ0n) is 9.32. The molecule has 1 atom stereocenters. The van der Waals surface area contributed by atoms with E-state index in [9.17, 15) is 0 Å². The van der Waals surface area contributed by atoms with Crippen LogP contribution in [0.1, 0.15) is 31.4 Å². The van der Waals surface area contributed by atoms with E-state index in [0.717, 1.165) is 37.0 Å². The van der Waals surface area contributed by atoms with Crippen LogP contribution in [0.25, 0.3) is 5.57 Å². The second-order valence-electron chi connectivity index (χ2n) is 3.87. The molecule has 1 aliphatic carbocycles. The van der Waals surface area contributed by atoms with E-state index in [-0.39, 0.29) is 5.38 Å². The molecule has 86 valence electrons. The van der Waals surface area contributed by atoms with Crippen LogP contribution in [0.4, 0.5) is 0 Å². The summed E-state index contributed by atoms with van der Waals surface area (Å²) in [5.41, 5.74) is 1.99. The van der Waals surface area contributed by atoms with Crippen molar-refractivity contribution in [2.75, 3.05) is 7.11 Å². The van der Waals surface area contributed by atoms with Crippen LogP contribution in [0.5, 0.6) is 5.88 Å². The van der Waals surface area contributed by atoms with Gasteiger partial charge in [-0.1, -0.05) is 12.5 Å². The maximum atomic E-state index is 6.20. The molecular weight excluding hydrogens is 224 g/mol. The minimum absolute atomic E-state index is 0.101. The van der Waals surface area contributed by atoms with Crippen molar-refractivity contribution in [3.63, 3.8) is 0 Å². The van der Waals surface area contributed by atoms with Crippen molar-refractivity contribution >= 4 is 17.2 Å². The smallest absolute Gasteiger partial charge is 0.239 e. The van der Waals surface area contributed by atoms with Crippen molar-refractivity contribution in [3.8, 4) is 5.88 Å². The highest BCUT2D eigenvalue weighted by molar-refractivity contribution is 6.22. The predicted octanol–water partition coefficient (Wildman–Crippen LogP) is 3.05. The van der Waals surface area contributed by atoms with E-state index in [4.69, 9.17) is 16.3 Å². The Labute approximate surface area is 101 Å². The number of methoxy groups -OCH3 is 1. The summed E-state index contributed by atoms with van der Waals surface area (Å²) in [6.07, 6.45) is 9.75. The first-order valence-corrected chi connectivity index (χ1v) is 5.95. The molecule has 16 heavy (non-hydrogen) atoms. The van der Waals surface area contributed by atoms with Gasteiger partial charge in [-0.15, -0.1) is 11.6 Å². The fourth-order valence-corrected chi connectivity index (χ4v) is 2.24. The lowest BCUT2D eigenvalue weighted by Crippen LogP contribution is -1.98. The maximum absolute atomic E-state index is 6.20. The van der Waals surface area contributed by atoms with E-state index < -0.39 is 0 Å². The Morgan fingerprint density at radius 1 is 1.31 bits per heavy atom. The Kier molecular flexibility index (Phi) is 3.78. The molecule has 0 bridgehead atoms. The van der Waals surface area contributed by atoms with Gasteiger partial charge in [0.25, 0.3) is 0 Å². The molecule has 0 saturated heterocycles. The van der Waals surface area contributed by atoms with Crippen molar-refractivity contribution in [2.24, 2.45) is 0 Å². The summed E-state index contributed by atoms with van der Waals surface area (Å²) in [6, 6.07) is 0. The third-order valence-corrected chi connectivity index (χ3v) is 3.06. The molecule has 0 saturated carbocycles. The van der Waals surface area contributed by atoms with Crippen molar-refractivity contribution in [2.45, 2.75) is 31.1 Å². The summed E-state index contributed by atoms with van der Waals surface area (Å²) in [5, 5.41) is 0.101. The molecule has 0 amide bonds. The van der Waals surface area contributed by atoms with Gasteiger partial charge in [-0.2, -0.15) is 0 Å². The highest BCUT2D eigenvalue weighted by atomic mass is 35.5. The van der Waals surface area contributed by atoms with E-state index in [1.165, 1.54) is 0 Å². The van der Waals surface area contributed by atoms with Crippen molar-refractivity contribution < 1.29 is 4.74 Å². The fourth-order valence-electron chi connectivity index (χ4n) is 1.93. The quantitative estimate of drug-likeness (QED) is 0.743. The van der Waals surface area contributed by atoms with E-state index in [1.807, 2.05) is 0 Å². The summed E-state index contributed by atoms with van der Waals surface area (Å²) in [7, 11) is 1.61. The van der Waals surface area contributed by atoms with Crippen molar-refractivity contribution in [1.29, 1.82) is 0 Å². The normalized spacial score (nSPS) is 21.1. The molecule has 1 heterocycles. The largest absolute Gasteiger partial charge is 0.479 e. The van der Waals surface area contributed by atoms with Crippen LogP contribution < -0.4 is 4.74 Å². The Hall–Kier alpha value is -1.09. The number of halogens is 1. The number of ether oxygens (including phenoxy) is 1. The Bertz CT molecular complexity index is 392. The summed E-state index contributed by atoms with van der Waals surface area (Å²) in [6.45, 7) is 0. The zero-order chi connectivity index (χ0) is 11.4. The van der Waals surface area contributed by atoms with Gasteiger partial charge in [-0.05, 0) is 24.8 Å². The van der Waals surface area contributed by atoms with Crippen LogP contribution in [0.3, 0.4) is 0 Å². The van der Waals surface area contributed by atoms with E-state index in [2.05, 4.69) is 16.0 Å². The number of hydrogen-bond acceptors (Lipinski definition) is 3. The van der Waals surface area contributed by atoms with Gasteiger partial charge >= 0.3 is 0 Å². The molecule has 4 heteroatoms. The number of rotatable bonds is 2. The van der Waals surface area contributed by atoms with Gasteiger partial charge in [0.15, 0.2) is 0 Å². The van der Waals surface area contributed by atoms with Crippen molar-refractivity contribution in [1.82, 2.24) is 9.97 Å². The monoisotopic (exact) mass is 238 g/mol. The standard InChI is InChI=1S/C12H15ClN2O/c1-16-12-11(14-6-7-15-12)9-4-2-3-5-10(13)8-9/h6-8,10H,2-5H2,1H3. The second kappa shape index (κ2) is 5.30. The summed E-state index contributed by atoms with van der Waals surface area (Å²) >= 11 is 6.20. The first-order valence-electron chi connectivity index (χ1n) is 5.51. The molecule has 0 aliphatic heterocycles. The summed E-state index contributed by atoms with van der Waals surface area (Å²) < 4.78 is 5.22. The Morgan fingerprint density at radius 2 is 2.12 bits per heavy atom. The first-order chi connectivity index (χ1) is 7.81.